The molecule has 0 aliphatic carbocycles. The normalized spacial score (nSPS) is 10.8. The third kappa shape index (κ3) is 3.32. The van der Waals surface area contributed by atoms with E-state index in [0.29, 0.717) is 11.6 Å². The fraction of sp³-hybridized carbons (Fsp3) is 0.308. The van der Waals surface area contributed by atoms with Crippen LogP contribution in [0, 0.1) is 0 Å². The Bertz CT molecular complexity index is 515. The van der Waals surface area contributed by atoms with E-state index in [-0.39, 0.29) is 0 Å². The van der Waals surface area contributed by atoms with Crippen LogP contribution < -0.4 is 16.4 Å². The van der Waals surface area contributed by atoms with E-state index in [1.54, 1.807) is 6.20 Å². The largest absolute Gasteiger partial charge is 0.383 e. The molecule has 96 valence electrons. The van der Waals surface area contributed by atoms with Gasteiger partial charge in [-0.2, -0.15) is 0 Å². The second-order valence-corrected chi connectivity index (χ2v) is 4.42. The fourth-order valence-electron chi connectivity index (χ4n) is 1.79. The molecule has 0 radical (unpaired) electrons. The van der Waals surface area contributed by atoms with Gasteiger partial charge < -0.3 is 16.4 Å². The third-order valence-electron chi connectivity index (χ3n) is 2.64. The van der Waals surface area contributed by atoms with E-state index in [9.17, 15) is 0 Å². The fourth-order valence-corrected chi connectivity index (χ4v) is 1.95. The summed E-state index contributed by atoms with van der Waals surface area (Å²) in [7, 11) is 0. The molecule has 1 heterocycles. The van der Waals surface area contributed by atoms with Gasteiger partial charge in [0.1, 0.15) is 0 Å². The SMILES string of the molecule is NCCNCCNc1ccnc2cc(Cl)ccc12. The van der Waals surface area contributed by atoms with Crippen LogP contribution in [0.1, 0.15) is 0 Å². The lowest BCUT2D eigenvalue weighted by atomic mass is 10.2. The molecular formula is C13H17ClN4. The van der Waals surface area contributed by atoms with Crippen LogP contribution in [0.2, 0.25) is 5.02 Å². The van der Waals surface area contributed by atoms with Crippen LogP contribution in [0.5, 0.6) is 0 Å². The Morgan fingerprint density at radius 3 is 2.89 bits per heavy atom. The van der Waals surface area contributed by atoms with E-state index in [4.69, 9.17) is 17.3 Å². The Morgan fingerprint density at radius 2 is 2.06 bits per heavy atom. The van der Waals surface area contributed by atoms with Gasteiger partial charge in [0.25, 0.3) is 0 Å². The van der Waals surface area contributed by atoms with E-state index >= 15 is 0 Å². The Balaban J connectivity index is 2.04. The van der Waals surface area contributed by atoms with Gasteiger partial charge in [-0.1, -0.05) is 11.6 Å². The molecule has 1 aromatic carbocycles. The topological polar surface area (TPSA) is 63.0 Å². The number of aromatic nitrogens is 1. The standard InChI is InChI=1S/C13H17ClN4/c14-10-1-2-11-12(3-5-17-13(11)9-10)18-8-7-16-6-4-15/h1-3,5,9,16H,4,6-8,15H2,(H,17,18). The molecule has 18 heavy (non-hydrogen) atoms. The number of halogens is 1. The predicted octanol–water partition coefficient (Wildman–Crippen LogP) is 1.85. The van der Waals surface area contributed by atoms with Crippen molar-refractivity contribution in [2.24, 2.45) is 5.73 Å². The van der Waals surface area contributed by atoms with Gasteiger partial charge in [-0.15, -0.1) is 0 Å². The van der Waals surface area contributed by atoms with E-state index in [0.717, 1.165) is 36.2 Å². The summed E-state index contributed by atoms with van der Waals surface area (Å²) in [6.07, 6.45) is 1.79. The molecule has 5 heteroatoms. The van der Waals surface area contributed by atoms with Crippen molar-refractivity contribution in [3.05, 3.63) is 35.5 Å². The lowest BCUT2D eigenvalue weighted by molar-refractivity contribution is 0.707. The molecule has 0 fully saturated rings. The van der Waals surface area contributed by atoms with Gasteiger partial charge in [-0.3, -0.25) is 4.98 Å². The first-order chi connectivity index (χ1) is 8.81. The summed E-state index contributed by atoms with van der Waals surface area (Å²) in [5.74, 6) is 0. The average Bonchev–Trinajstić information content (AvgIpc) is 2.38. The van der Waals surface area contributed by atoms with Gasteiger partial charge in [0.05, 0.1) is 5.52 Å². The minimum Gasteiger partial charge on any atom is -0.383 e. The maximum atomic E-state index is 5.95. The first kappa shape index (κ1) is 13.1. The number of pyridine rings is 1. The Labute approximate surface area is 112 Å². The van der Waals surface area contributed by atoms with Crippen molar-refractivity contribution in [2.75, 3.05) is 31.5 Å². The molecular weight excluding hydrogens is 248 g/mol. The second-order valence-electron chi connectivity index (χ2n) is 3.99. The highest BCUT2D eigenvalue weighted by atomic mass is 35.5. The number of hydrogen-bond donors (Lipinski definition) is 3. The zero-order valence-corrected chi connectivity index (χ0v) is 10.9. The quantitative estimate of drug-likeness (QED) is 0.697. The summed E-state index contributed by atoms with van der Waals surface area (Å²) in [6.45, 7) is 3.24. The summed E-state index contributed by atoms with van der Waals surface area (Å²) in [4.78, 5) is 4.30. The highest BCUT2D eigenvalue weighted by Gasteiger charge is 2.01. The Morgan fingerprint density at radius 1 is 1.17 bits per heavy atom. The number of rotatable bonds is 6. The lowest BCUT2D eigenvalue weighted by Gasteiger charge is -2.10. The van der Waals surface area contributed by atoms with Crippen molar-refractivity contribution in [1.29, 1.82) is 0 Å². The van der Waals surface area contributed by atoms with Crippen LogP contribution in [0.25, 0.3) is 10.9 Å². The molecule has 0 saturated heterocycles. The molecule has 0 saturated carbocycles. The lowest BCUT2D eigenvalue weighted by Crippen LogP contribution is -2.27. The zero-order chi connectivity index (χ0) is 12.8. The molecule has 0 unspecified atom stereocenters. The van der Waals surface area contributed by atoms with Crippen molar-refractivity contribution in [1.82, 2.24) is 10.3 Å². The number of fused-ring (bicyclic) bond motifs is 1. The van der Waals surface area contributed by atoms with Crippen LogP contribution in [-0.4, -0.2) is 31.2 Å². The molecule has 0 amide bonds. The molecule has 4 N–H and O–H groups in total. The smallest absolute Gasteiger partial charge is 0.0737 e. The number of nitrogens with two attached hydrogens (primary N) is 1. The summed E-state index contributed by atoms with van der Waals surface area (Å²) < 4.78 is 0. The van der Waals surface area contributed by atoms with Crippen molar-refractivity contribution >= 4 is 28.2 Å². The highest BCUT2D eigenvalue weighted by Crippen LogP contribution is 2.23. The molecule has 0 aliphatic rings. The third-order valence-corrected chi connectivity index (χ3v) is 2.88. The summed E-state index contributed by atoms with van der Waals surface area (Å²) >= 11 is 5.95. The Kier molecular flexibility index (Phi) is 4.75. The summed E-state index contributed by atoms with van der Waals surface area (Å²) in [6, 6.07) is 7.71. The van der Waals surface area contributed by atoms with Gasteiger partial charge >= 0.3 is 0 Å². The van der Waals surface area contributed by atoms with Crippen LogP contribution in [0.3, 0.4) is 0 Å². The van der Waals surface area contributed by atoms with Gasteiger partial charge in [-0.25, -0.2) is 0 Å². The van der Waals surface area contributed by atoms with E-state index < -0.39 is 0 Å². The molecule has 1 aromatic heterocycles. The molecule has 0 atom stereocenters. The number of nitrogens with zero attached hydrogens (tertiary/aromatic N) is 1. The molecule has 0 spiro atoms. The van der Waals surface area contributed by atoms with Crippen LogP contribution in [0.4, 0.5) is 5.69 Å². The van der Waals surface area contributed by atoms with E-state index in [1.807, 2.05) is 24.3 Å². The molecule has 2 aromatic rings. The number of anilines is 1. The maximum absolute atomic E-state index is 5.95. The van der Waals surface area contributed by atoms with Gasteiger partial charge in [0.15, 0.2) is 0 Å². The van der Waals surface area contributed by atoms with Crippen LogP contribution >= 0.6 is 11.6 Å². The van der Waals surface area contributed by atoms with E-state index in [2.05, 4.69) is 15.6 Å². The molecule has 2 rings (SSSR count). The first-order valence-corrected chi connectivity index (χ1v) is 6.38. The van der Waals surface area contributed by atoms with Gasteiger partial charge in [0.2, 0.25) is 0 Å². The zero-order valence-electron chi connectivity index (χ0n) is 10.1. The van der Waals surface area contributed by atoms with Gasteiger partial charge in [0, 0.05) is 48.5 Å². The maximum Gasteiger partial charge on any atom is 0.0737 e. The minimum atomic E-state index is 0.663. The molecule has 0 bridgehead atoms. The number of nitrogens with one attached hydrogen (secondary N) is 2. The highest BCUT2D eigenvalue weighted by molar-refractivity contribution is 6.31. The Hall–Kier alpha value is -1.36. The van der Waals surface area contributed by atoms with Crippen molar-refractivity contribution in [3.63, 3.8) is 0 Å². The van der Waals surface area contributed by atoms with Crippen molar-refractivity contribution in [3.8, 4) is 0 Å². The van der Waals surface area contributed by atoms with Crippen LogP contribution in [0.15, 0.2) is 30.5 Å². The minimum absolute atomic E-state index is 0.663. The number of hydrogen-bond acceptors (Lipinski definition) is 4. The second kappa shape index (κ2) is 6.54. The molecule has 0 aliphatic heterocycles. The van der Waals surface area contributed by atoms with Crippen molar-refractivity contribution in [2.45, 2.75) is 0 Å². The van der Waals surface area contributed by atoms with Crippen LogP contribution in [-0.2, 0) is 0 Å². The number of benzene rings is 1. The first-order valence-electron chi connectivity index (χ1n) is 6.00. The monoisotopic (exact) mass is 264 g/mol. The average molecular weight is 265 g/mol. The van der Waals surface area contributed by atoms with E-state index in [1.165, 1.54) is 0 Å². The summed E-state index contributed by atoms with van der Waals surface area (Å²) in [5.41, 5.74) is 7.39. The molecule has 4 nitrogen and oxygen atoms in total. The summed E-state index contributed by atoms with van der Waals surface area (Å²) in [5, 5.41) is 8.41. The van der Waals surface area contributed by atoms with Gasteiger partial charge in [-0.05, 0) is 24.3 Å². The predicted molar refractivity (Wildman–Crippen MR) is 77.2 cm³/mol. The van der Waals surface area contributed by atoms with Crippen molar-refractivity contribution < 1.29 is 0 Å².